The lowest BCUT2D eigenvalue weighted by Gasteiger charge is -2.14. The third-order valence-corrected chi connectivity index (χ3v) is 3.49. The van der Waals surface area contributed by atoms with Gasteiger partial charge in [0.05, 0.1) is 5.52 Å². The first kappa shape index (κ1) is 12.6. The van der Waals surface area contributed by atoms with Crippen molar-refractivity contribution in [3.8, 4) is 0 Å². The number of benzene rings is 2. The van der Waals surface area contributed by atoms with Gasteiger partial charge >= 0.3 is 0 Å². The summed E-state index contributed by atoms with van der Waals surface area (Å²) in [5.74, 6) is 1.34. The highest BCUT2D eigenvalue weighted by Gasteiger charge is 2.07. The van der Waals surface area contributed by atoms with Crippen LogP contribution in [0.3, 0.4) is 0 Å². The van der Waals surface area contributed by atoms with Gasteiger partial charge in [-0.3, -0.25) is 0 Å². The zero-order chi connectivity index (χ0) is 13.8. The molecule has 0 aliphatic rings. The van der Waals surface area contributed by atoms with Gasteiger partial charge in [0.15, 0.2) is 0 Å². The maximum Gasteiger partial charge on any atom is 0.137 e. The molecule has 0 spiro atoms. The number of hydrogen-bond donors (Lipinski definition) is 1. The van der Waals surface area contributed by atoms with E-state index >= 15 is 0 Å². The molecule has 0 saturated heterocycles. The second-order valence-corrected chi connectivity index (χ2v) is 4.93. The Hall–Kier alpha value is -2.42. The summed E-state index contributed by atoms with van der Waals surface area (Å²) in [7, 11) is 0. The molecule has 1 aromatic heterocycles. The number of anilines is 1. The van der Waals surface area contributed by atoms with Crippen LogP contribution in [0.15, 0.2) is 60.9 Å². The molecular weight excluding hydrogens is 246 g/mol. The molecule has 0 radical (unpaired) electrons. The summed E-state index contributed by atoms with van der Waals surface area (Å²) in [5, 5.41) is 4.50. The molecular formula is C17H17N3. The minimum Gasteiger partial charge on any atom is -0.369 e. The van der Waals surface area contributed by atoms with E-state index in [2.05, 4.69) is 46.5 Å². The summed E-state index contributed by atoms with van der Waals surface area (Å²) in [4.78, 5) is 8.63. The Morgan fingerprint density at radius 3 is 2.55 bits per heavy atom. The Kier molecular flexibility index (Phi) is 3.59. The van der Waals surface area contributed by atoms with Gasteiger partial charge in [-0.15, -0.1) is 0 Å². The number of para-hydroxylation sites is 1. The molecule has 0 saturated carbocycles. The Balaban J connectivity index is 1.77. The highest BCUT2D eigenvalue weighted by molar-refractivity contribution is 5.88. The summed E-state index contributed by atoms with van der Waals surface area (Å²) in [6.07, 6.45) is 1.61. The maximum absolute atomic E-state index is 4.35. The van der Waals surface area contributed by atoms with E-state index < -0.39 is 0 Å². The average molecular weight is 263 g/mol. The zero-order valence-corrected chi connectivity index (χ0v) is 11.5. The predicted molar refractivity (Wildman–Crippen MR) is 82.9 cm³/mol. The summed E-state index contributed by atoms with van der Waals surface area (Å²) in [6, 6.07) is 18.6. The van der Waals surface area contributed by atoms with Crippen molar-refractivity contribution in [2.75, 3.05) is 11.9 Å². The van der Waals surface area contributed by atoms with E-state index in [0.29, 0.717) is 5.92 Å². The number of rotatable bonds is 4. The van der Waals surface area contributed by atoms with Crippen LogP contribution in [0.4, 0.5) is 5.82 Å². The van der Waals surface area contributed by atoms with E-state index in [1.807, 2.05) is 30.3 Å². The van der Waals surface area contributed by atoms with Crippen molar-refractivity contribution in [3.05, 3.63) is 66.5 Å². The lowest BCUT2D eigenvalue weighted by molar-refractivity contribution is 0.802. The number of nitrogens with one attached hydrogen (secondary N) is 1. The van der Waals surface area contributed by atoms with Crippen LogP contribution in [0.2, 0.25) is 0 Å². The largest absolute Gasteiger partial charge is 0.369 e. The molecule has 0 fully saturated rings. The fourth-order valence-corrected chi connectivity index (χ4v) is 2.29. The van der Waals surface area contributed by atoms with E-state index in [-0.39, 0.29) is 0 Å². The van der Waals surface area contributed by atoms with Crippen LogP contribution in [0.1, 0.15) is 18.4 Å². The van der Waals surface area contributed by atoms with Crippen molar-refractivity contribution in [3.63, 3.8) is 0 Å². The summed E-state index contributed by atoms with van der Waals surface area (Å²) < 4.78 is 0. The standard InChI is InChI=1S/C17H17N3/c1-13(14-7-3-2-4-8-14)11-18-17-15-9-5-6-10-16(15)19-12-20-17/h2-10,12-13H,11H2,1H3,(H,18,19,20). The van der Waals surface area contributed by atoms with Crippen LogP contribution in [0.5, 0.6) is 0 Å². The number of aromatic nitrogens is 2. The predicted octanol–water partition coefficient (Wildman–Crippen LogP) is 3.85. The Morgan fingerprint density at radius 1 is 0.950 bits per heavy atom. The lowest BCUT2D eigenvalue weighted by Crippen LogP contribution is -2.11. The fraction of sp³-hybridized carbons (Fsp3) is 0.176. The SMILES string of the molecule is CC(CNc1ncnc2ccccc12)c1ccccc1. The smallest absolute Gasteiger partial charge is 0.137 e. The fourth-order valence-electron chi connectivity index (χ4n) is 2.29. The highest BCUT2D eigenvalue weighted by Crippen LogP contribution is 2.20. The molecule has 3 heteroatoms. The minimum atomic E-state index is 0.435. The van der Waals surface area contributed by atoms with Crippen LogP contribution >= 0.6 is 0 Å². The molecule has 1 N–H and O–H groups in total. The van der Waals surface area contributed by atoms with Gasteiger partial charge in [-0.1, -0.05) is 49.4 Å². The van der Waals surface area contributed by atoms with Crippen molar-refractivity contribution in [2.45, 2.75) is 12.8 Å². The molecule has 3 rings (SSSR count). The molecule has 3 aromatic rings. The van der Waals surface area contributed by atoms with Crippen LogP contribution in [0.25, 0.3) is 10.9 Å². The summed E-state index contributed by atoms with van der Waals surface area (Å²) in [6.45, 7) is 3.07. The Morgan fingerprint density at radius 2 is 1.70 bits per heavy atom. The molecule has 3 nitrogen and oxygen atoms in total. The first-order valence-electron chi connectivity index (χ1n) is 6.83. The van der Waals surface area contributed by atoms with Crippen molar-refractivity contribution in [1.29, 1.82) is 0 Å². The first-order valence-corrected chi connectivity index (χ1v) is 6.83. The topological polar surface area (TPSA) is 37.8 Å². The molecule has 1 unspecified atom stereocenters. The van der Waals surface area contributed by atoms with Crippen LogP contribution < -0.4 is 5.32 Å². The molecule has 0 bridgehead atoms. The zero-order valence-electron chi connectivity index (χ0n) is 11.5. The molecule has 20 heavy (non-hydrogen) atoms. The van der Waals surface area contributed by atoms with Gasteiger partial charge in [-0.2, -0.15) is 0 Å². The van der Waals surface area contributed by atoms with Gasteiger partial charge in [0.25, 0.3) is 0 Å². The van der Waals surface area contributed by atoms with Gasteiger partial charge in [-0.25, -0.2) is 9.97 Å². The van der Waals surface area contributed by atoms with Gasteiger partial charge in [0.2, 0.25) is 0 Å². The second-order valence-electron chi connectivity index (χ2n) is 4.93. The molecule has 0 aliphatic heterocycles. The quantitative estimate of drug-likeness (QED) is 0.777. The monoisotopic (exact) mass is 263 g/mol. The van der Waals surface area contributed by atoms with Crippen LogP contribution in [0, 0.1) is 0 Å². The van der Waals surface area contributed by atoms with Crippen molar-refractivity contribution >= 4 is 16.7 Å². The van der Waals surface area contributed by atoms with E-state index in [4.69, 9.17) is 0 Å². The van der Waals surface area contributed by atoms with Crippen molar-refractivity contribution in [1.82, 2.24) is 9.97 Å². The Labute approximate surface area is 118 Å². The third-order valence-electron chi connectivity index (χ3n) is 3.49. The van der Waals surface area contributed by atoms with Crippen molar-refractivity contribution < 1.29 is 0 Å². The Bertz CT molecular complexity index is 689. The number of fused-ring (bicyclic) bond motifs is 1. The summed E-state index contributed by atoms with van der Waals surface area (Å²) in [5.41, 5.74) is 2.30. The van der Waals surface area contributed by atoms with Gasteiger partial charge in [-0.05, 0) is 23.6 Å². The maximum atomic E-state index is 4.35. The van der Waals surface area contributed by atoms with Crippen LogP contribution in [-0.4, -0.2) is 16.5 Å². The first-order chi connectivity index (χ1) is 9.84. The molecule has 1 heterocycles. The van der Waals surface area contributed by atoms with E-state index in [1.165, 1.54) is 5.56 Å². The molecule has 100 valence electrons. The molecule has 0 amide bonds. The average Bonchev–Trinajstić information content (AvgIpc) is 2.53. The minimum absolute atomic E-state index is 0.435. The molecule has 1 atom stereocenters. The van der Waals surface area contributed by atoms with Gasteiger partial charge in [0.1, 0.15) is 12.1 Å². The highest BCUT2D eigenvalue weighted by atomic mass is 15.0. The van der Waals surface area contributed by atoms with Gasteiger partial charge < -0.3 is 5.32 Å². The van der Waals surface area contributed by atoms with E-state index in [0.717, 1.165) is 23.3 Å². The van der Waals surface area contributed by atoms with Gasteiger partial charge in [0, 0.05) is 11.9 Å². The van der Waals surface area contributed by atoms with Crippen LogP contribution in [-0.2, 0) is 0 Å². The number of nitrogens with zero attached hydrogens (tertiary/aromatic N) is 2. The molecule has 2 aromatic carbocycles. The van der Waals surface area contributed by atoms with E-state index in [1.54, 1.807) is 6.33 Å². The van der Waals surface area contributed by atoms with E-state index in [9.17, 15) is 0 Å². The lowest BCUT2D eigenvalue weighted by atomic mass is 10.0. The second kappa shape index (κ2) is 5.70. The third kappa shape index (κ3) is 2.62. The molecule has 0 aliphatic carbocycles. The normalized spacial score (nSPS) is 12.2. The van der Waals surface area contributed by atoms with Crippen molar-refractivity contribution in [2.24, 2.45) is 0 Å². The number of hydrogen-bond acceptors (Lipinski definition) is 3. The summed E-state index contributed by atoms with van der Waals surface area (Å²) >= 11 is 0.